The van der Waals surface area contributed by atoms with Crippen molar-refractivity contribution in [2.75, 3.05) is 33.0 Å². The molecule has 5 heteroatoms. The fraction of sp³-hybridized carbons (Fsp3) is 0.500. The number of pyridine rings is 1. The van der Waals surface area contributed by atoms with Gasteiger partial charge in [0.2, 0.25) is 5.91 Å². The standard InChI is InChI=1S/C24H30N2O3/c27-23(26-16-20-3-2-12-29-18-20)24(9-13-28-14-10-24)15-19-5-7-21(8-6-19)22-4-1-11-25-17-22/h1,4-8,11,17,20H,2-3,9-10,12-16,18H2,(H,26,27)/t20-/m1/s1. The highest BCUT2D eigenvalue weighted by molar-refractivity contribution is 5.83. The molecule has 0 radical (unpaired) electrons. The molecule has 1 amide bonds. The summed E-state index contributed by atoms with van der Waals surface area (Å²) in [5.74, 6) is 0.603. The van der Waals surface area contributed by atoms with Crippen LogP contribution in [-0.4, -0.2) is 43.9 Å². The van der Waals surface area contributed by atoms with E-state index in [4.69, 9.17) is 9.47 Å². The van der Waals surface area contributed by atoms with Crippen LogP contribution in [0.5, 0.6) is 0 Å². The molecule has 2 saturated heterocycles. The highest BCUT2D eigenvalue weighted by Gasteiger charge is 2.40. The first kappa shape index (κ1) is 20.0. The van der Waals surface area contributed by atoms with Crippen molar-refractivity contribution in [2.24, 2.45) is 11.3 Å². The Kier molecular flexibility index (Phi) is 6.57. The molecule has 1 atom stereocenters. The van der Waals surface area contributed by atoms with Crippen LogP contribution in [0.1, 0.15) is 31.2 Å². The van der Waals surface area contributed by atoms with Gasteiger partial charge in [-0.15, -0.1) is 0 Å². The Morgan fingerprint density at radius 1 is 1.07 bits per heavy atom. The summed E-state index contributed by atoms with van der Waals surface area (Å²) in [5, 5.41) is 3.24. The highest BCUT2D eigenvalue weighted by Crippen LogP contribution is 2.35. The molecule has 2 aliphatic heterocycles. The lowest BCUT2D eigenvalue weighted by atomic mass is 9.74. The van der Waals surface area contributed by atoms with Crippen molar-refractivity contribution >= 4 is 5.91 Å². The largest absolute Gasteiger partial charge is 0.381 e. The van der Waals surface area contributed by atoms with Crippen LogP contribution < -0.4 is 5.32 Å². The maximum absolute atomic E-state index is 13.2. The first-order chi connectivity index (χ1) is 14.3. The Labute approximate surface area is 172 Å². The molecule has 0 bridgehead atoms. The van der Waals surface area contributed by atoms with E-state index >= 15 is 0 Å². The van der Waals surface area contributed by atoms with Crippen molar-refractivity contribution in [1.82, 2.24) is 10.3 Å². The normalized spacial score (nSPS) is 21.4. The predicted molar refractivity (Wildman–Crippen MR) is 112 cm³/mol. The van der Waals surface area contributed by atoms with E-state index in [-0.39, 0.29) is 11.3 Å². The van der Waals surface area contributed by atoms with Gasteiger partial charge in [0, 0.05) is 38.8 Å². The van der Waals surface area contributed by atoms with Crippen LogP contribution in [-0.2, 0) is 20.7 Å². The maximum Gasteiger partial charge on any atom is 0.226 e. The van der Waals surface area contributed by atoms with Crippen molar-refractivity contribution in [1.29, 1.82) is 0 Å². The number of nitrogens with one attached hydrogen (secondary N) is 1. The summed E-state index contributed by atoms with van der Waals surface area (Å²) < 4.78 is 11.1. The minimum absolute atomic E-state index is 0.169. The van der Waals surface area contributed by atoms with Gasteiger partial charge in [0.05, 0.1) is 12.0 Å². The van der Waals surface area contributed by atoms with Crippen LogP contribution >= 0.6 is 0 Å². The fourth-order valence-corrected chi connectivity index (χ4v) is 4.38. The van der Waals surface area contributed by atoms with Crippen LogP contribution in [0.15, 0.2) is 48.8 Å². The second kappa shape index (κ2) is 9.51. The average Bonchev–Trinajstić information content (AvgIpc) is 2.80. The van der Waals surface area contributed by atoms with Gasteiger partial charge in [0.15, 0.2) is 0 Å². The SMILES string of the molecule is O=C(NC[C@H]1CCCOC1)C1(Cc2ccc(-c3cccnc3)cc2)CCOCC1. The third-order valence-electron chi connectivity index (χ3n) is 6.23. The molecular weight excluding hydrogens is 364 g/mol. The summed E-state index contributed by atoms with van der Waals surface area (Å²) >= 11 is 0. The van der Waals surface area contributed by atoms with Crippen molar-refractivity contribution in [3.63, 3.8) is 0 Å². The lowest BCUT2D eigenvalue weighted by molar-refractivity contribution is -0.137. The smallest absolute Gasteiger partial charge is 0.226 e. The number of hydrogen-bond acceptors (Lipinski definition) is 4. The lowest BCUT2D eigenvalue weighted by Crippen LogP contribution is -2.47. The van der Waals surface area contributed by atoms with E-state index in [1.807, 2.05) is 12.3 Å². The summed E-state index contributed by atoms with van der Waals surface area (Å²) in [6.45, 7) is 3.61. The van der Waals surface area contributed by atoms with Gasteiger partial charge in [-0.05, 0) is 60.8 Å². The second-order valence-electron chi connectivity index (χ2n) is 8.30. The predicted octanol–water partition coefficient (Wildman–Crippen LogP) is 3.63. The molecule has 2 fully saturated rings. The summed E-state index contributed by atoms with van der Waals surface area (Å²) in [6, 6.07) is 12.5. The molecule has 0 spiro atoms. The van der Waals surface area contributed by atoms with Crippen molar-refractivity contribution < 1.29 is 14.3 Å². The van der Waals surface area contributed by atoms with E-state index in [9.17, 15) is 4.79 Å². The first-order valence-corrected chi connectivity index (χ1v) is 10.7. The lowest BCUT2D eigenvalue weighted by Gasteiger charge is -2.36. The van der Waals surface area contributed by atoms with Gasteiger partial charge in [-0.25, -0.2) is 0 Å². The van der Waals surface area contributed by atoms with Crippen molar-refractivity contribution in [3.05, 3.63) is 54.4 Å². The van der Waals surface area contributed by atoms with Gasteiger partial charge >= 0.3 is 0 Å². The van der Waals surface area contributed by atoms with Crippen molar-refractivity contribution in [3.8, 4) is 11.1 Å². The third kappa shape index (κ3) is 5.03. The number of carbonyl (C=O) groups is 1. The molecule has 1 aromatic carbocycles. The van der Waals surface area contributed by atoms with Crippen LogP contribution in [0.4, 0.5) is 0 Å². The molecule has 29 heavy (non-hydrogen) atoms. The first-order valence-electron chi connectivity index (χ1n) is 10.7. The number of amides is 1. The molecule has 154 valence electrons. The van der Waals surface area contributed by atoms with E-state index in [2.05, 4.69) is 40.6 Å². The molecule has 0 aliphatic carbocycles. The van der Waals surface area contributed by atoms with Gasteiger partial charge in [0.25, 0.3) is 0 Å². The van der Waals surface area contributed by atoms with Crippen molar-refractivity contribution in [2.45, 2.75) is 32.1 Å². The molecule has 0 saturated carbocycles. The van der Waals surface area contributed by atoms with Crippen LogP contribution in [0.3, 0.4) is 0 Å². The molecule has 4 rings (SSSR count). The number of aromatic nitrogens is 1. The van der Waals surface area contributed by atoms with E-state index in [0.29, 0.717) is 25.7 Å². The topological polar surface area (TPSA) is 60.5 Å². The van der Waals surface area contributed by atoms with Gasteiger partial charge in [-0.3, -0.25) is 9.78 Å². The van der Waals surface area contributed by atoms with Gasteiger partial charge < -0.3 is 14.8 Å². The monoisotopic (exact) mass is 394 g/mol. The maximum atomic E-state index is 13.2. The van der Waals surface area contributed by atoms with Crippen LogP contribution in [0.25, 0.3) is 11.1 Å². The summed E-state index contributed by atoms with van der Waals surface area (Å²) in [6.07, 6.45) is 8.16. The summed E-state index contributed by atoms with van der Waals surface area (Å²) in [4.78, 5) is 17.4. The Morgan fingerprint density at radius 3 is 2.59 bits per heavy atom. The van der Waals surface area contributed by atoms with E-state index in [1.54, 1.807) is 6.20 Å². The quantitative estimate of drug-likeness (QED) is 0.813. The zero-order chi connectivity index (χ0) is 19.9. The zero-order valence-corrected chi connectivity index (χ0v) is 16.9. The third-order valence-corrected chi connectivity index (χ3v) is 6.23. The molecule has 2 aliphatic rings. The van der Waals surface area contributed by atoms with E-state index in [0.717, 1.165) is 56.4 Å². The number of carbonyl (C=O) groups excluding carboxylic acids is 1. The van der Waals surface area contributed by atoms with E-state index in [1.165, 1.54) is 5.56 Å². The number of ether oxygens (including phenoxy) is 2. The molecule has 2 aromatic rings. The molecular formula is C24H30N2O3. The van der Waals surface area contributed by atoms with Gasteiger partial charge in [-0.2, -0.15) is 0 Å². The molecule has 0 unspecified atom stereocenters. The Morgan fingerprint density at radius 2 is 1.90 bits per heavy atom. The average molecular weight is 395 g/mol. The highest BCUT2D eigenvalue weighted by atomic mass is 16.5. The second-order valence-corrected chi connectivity index (χ2v) is 8.30. The molecule has 1 aromatic heterocycles. The number of benzene rings is 1. The minimum Gasteiger partial charge on any atom is -0.381 e. The van der Waals surface area contributed by atoms with Gasteiger partial charge in [0.1, 0.15) is 0 Å². The fourth-order valence-electron chi connectivity index (χ4n) is 4.38. The van der Waals surface area contributed by atoms with Crippen LogP contribution in [0, 0.1) is 11.3 Å². The Balaban J connectivity index is 1.44. The van der Waals surface area contributed by atoms with Gasteiger partial charge in [-0.1, -0.05) is 30.3 Å². The summed E-state index contributed by atoms with van der Waals surface area (Å²) in [7, 11) is 0. The molecule has 3 heterocycles. The number of nitrogens with zero attached hydrogens (tertiary/aromatic N) is 1. The van der Waals surface area contributed by atoms with E-state index < -0.39 is 0 Å². The zero-order valence-electron chi connectivity index (χ0n) is 16.9. The van der Waals surface area contributed by atoms with Crippen LogP contribution in [0.2, 0.25) is 0 Å². The Bertz CT molecular complexity index is 780. The number of rotatable bonds is 6. The molecule has 1 N–H and O–H groups in total. The summed E-state index contributed by atoms with van der Waals surface area (Å²) in [5.41, 5.74) is 3.05. The minimum atomic E-state index is -0.385. The molecule has 5 nitrogen and oxygen atoms in total. The Hall–Kier alpha value is -2.24. The number of hydrogen-bond donors (Lipinski definition) is 1.